The Morgan fingerprint density at radius 1 is 1.64 bits per heavy atom. The number of benzene rings is 1. The van der Waals surface area contributed by atoms with Crippen molar-refractivity contribution >= 4 is 23.2 Å². The Morgan fingerprint density at radius 2 is 2.36 bits per heavy atom. The maximum atomic E-state index is 11.1. The van der Waals surface area contributed by atoms with E-state index >= 15 is 0 Å². The predicted octanol–water partition coefficient (Wildman–Crippen LogP) is 2.56. The van der Waals surface area contributed by atoms with E-state index in [0.29, 0.717) is 22.7 Å². The van der Waals surface area contributed by atoms with Crippen LogP contribution in [0.15, 0.2) is 18.2 Å². The van der Waals surface area contributed by atoms with Gasteiger partial charge < -0.3 is 5.32 Å². The van der Waals surface area contributed by atoms with Crippen molar-refractivity contribution in [2.24, 2.45) is 0 Å². The normalized spacial score (nSPS) is 9.21. The van der Waals surface area contributed by atoms with Gasteiger partial charge in [0.05, 0.1) is 22.3 Å². The molecule has 1 rings (SSSR count). The Labute approximate surface area is 87.3 Å². The second-order valence-corrected chi connectivity index (χ2v) is 3.12. The molecule has 0 aliphatic heterocycles. The Morgan fingerprint density at radius 3 is 2.93 bits per heavy atom. The molecule has 1 aromatic carbocycles. The van der Waals surface area contributed by atoms with Gasteiger partial charge in [0.25, 0.3) is 0 Å². The van der Waals surface area contributed by atoms with Gasteiger partial charge in [0.2, 0.25) is 5.91 Å². The van der Waals surface area contributed by atoms with Gasteiger partial charge in [-0.15, -0.1) is 0 Å². The van der Waals surface area contributed by atoms with Crippen molar-refractivity contribution in [2.45, 2.75) is 13.3 Å². The summed E-state index contributed by atoms with van der Waals surface area (Å²) in [4.78, 5) is 11.1. The fraction of sp³-hybridized carbons (Fsp3) is 0.200. The zero-order chi connectivity index (χ0) is 10.6. The van der Waals surface area contributed by atoms with Crippen molar-refractivity contribution in [1.82, 2.24) is 0 Å². The third-order valence-corrected chi connectivity index (χ3v) is 2.02. The number of nitrogens with zero attached hydrogens (tertiary/aromatic N) is 1. The SMILES string of the molecule is CCC(=O)Nc1cc(C#N)ccc1Cl. The number of anilines is 1. The first-order chi connectivity index (χ1) is 6.67. The number of hydrogen-bond donors (Lipinski definition) is 1. The lowest BCUT2D eigenvalue weighted by Gasteiger charge is -2.05. The Kier molecular flexibility index (Phi) is 3.49. The molecular weight excluding hydrogens is 200 g/mol. The molecule has 0 saturated heterocycles. The predicted molar refractivity (Wildman–Crippen MR) is 55.1 cm³/mol. The van der Waals surface area contributed by atoms with Crippen LogP contribution in [0.1, 0.15) is 18.9 Å². The molecule has 0 aromatic heterocycles. The molecule has 1 aromatic rings. The molecule has 0 saturated carbocycles. The number of nitrogens with one attached hydrogen (secondary N) is 1. The van der Waals surface area contributed by atoms with Gasteiger partial charge >= 0.3 is 0 Å². The first-order valence-electron chi connectivity index (χ1n) is 4.17. The van der Waals surface area contributed by atoms with Gasteiger partial charge in [0, 0.05) is 6.42 Å². The van der Waals surface area contributed by atoms with E-state index in [9.17, 15) is 4.79 Å². The number of carbonyl (C=O) groups excluding carboxylic acids is 1. The fourth-order valence-electron chi connectivity index (χ4n) is 0.929. The number of nitriles is 1. The highest BCUT2D eigenvalue weighted by molar-refractivity contribution is 6.33. The summed E-state index contributed by atoms with van der Waals surface area (Å²) in [6.45, 7) is 1.75. The summed E-state index contributed by atoms with van der Waals surface area (Å²) in [6.07, 6.45) is 0.382. The summed E-state index contributed by atoms with van der Waals surface area (Å²) in [5.74, 6) is -0.123. The standard InChI is InChI=1S/C10H9ClN2O/c1-2-10(14)13-9-5-7(6-12)3-4-8(9)11/h3-5H,2H2,1H3,(H,13,14). The molecule has 0 bridgehead atoms. The summed E-state index contributed by atoms with van der Waals surface area (Å²) in [6, 6.07) is 6.72. The van der Waals surface area contributed by atoms with Gasteiger partial charge in [0.15, 0.2) is 0 Å². The summed E-state index contributed by atoms with van der Waals surface area (Å²) < 4.78 is 0. The lowest BCUT2D eigenvalue weighted by molar-refractivity contribution is -0.115. The van der Waals surface area contributed by atoms with Crippen molar-refractivity contribution in [1.29, 1.82) is 5.26 Å². The van der Waals surface area contributed by atoms with E-state index in [4.69, 9.17) is 16.9 Å². The van der Waals surface area contributed by atoms with Crippen LogP contribution in [0.2, 0.25) is 5.02 Å². The Balaban J connectivity index is 2.96. The summed E-state index contributed by atoms with van der Waals surface area (Å²) >= 11 is 5.83. The minimum absolute atomic E-state index is 0.123. The number of hydrogen-bond acceptors (Lipinski definition) is 2. The van der Waals surface area contributed by atoms with Crippen molar-refractivity contribution in [3.63, 3.8) is 0 Å². The molecule has 0 aliphatic rings. The molecular formula is C10H9ClN2O. The second kappa shape index (κ2) is 4.64. The van der Waals surface area contributed by atoms with Crippen molar-refractivity contribution < 1.29 is 4.79 Å². The minimum Gasteiger partial charge on any atom is -0.325 e. The van der Waals surface area contributed by atoms with E-state index in [1.165, 1.54) is 0 Å². The molecule has 0 aliphatic carbocycles. The zero-order valence-electron chi connectivity index (χ0n) is 7.67. The second-order valence-electron chi connectivity index (χ2n) is 2.71. The third-order valence-electron chi connectivity index (χ3n) is 1.69. The van der Waals surface area contributed by atoms with Crippen LogP contribution in [0.5, 0.6) is 0 Å². The molecule has 0 spiro atoms. The summed E-state index contributed by atoms with van der Waals surface area (Å²) in [5, 5.41) is 11.7. The highest BCUT2D eigenvalue weighted by Crippen LogP contribution is 2.22. The Hall–Kier alpha value is -1.53. The topological polar surface area (TPSA) is 52.9 Å². The van der Waals surface area contributed by atoms with Gasteiger partial charge in [-0.2, -0.15) is 5.26 Å². The van der Waals surface area contributed by atoms with Crippen molar-refractivity contribution in [3.05, 3.63) is 28.8 Å². The molecule has 0 heterocycles. The molecule has 72 valence electrons. The van der Waals surface area contributed by atoms with E-state index in [1.807, 2.05) is 6.07 Å². The van der Waals surface area contributed by atoms with Crippen LogP contribution >= 0.6 is 11.6 Å². The number of amides is 1. The van der Waals surface area contributed by atoms with Crippen LogP contribution in [0.4, 0.5) is 5.69 Å². The van der Waals surface area contributed by atoms with Gasteiger partial charge in [-0.25, -0.2) is 0 Å². The van der Waals surface area contributed by atoms with Crippen LogP contribution in [-0.2, 0) is 4.79 Å². The molecule has 14 heavy (non-hydrogen) atoms. The smallest absolute Gasteiger partial charge is 0.224 e. The molecule has 4 heteroatoms. The van der Waals surface area contributed by atoms with E-state index in [1.54, 1.807) is 25.1 Å². The maximum absolute atomic E-state index is 11.1. The molecule has 0 fully saturated rings. The number of carbonyl (C=O) groups is 1. The van der Waals surface area contributed by atoms with E-state index in [0.717, 1.165) is 0 Å². The molecule has 0 radical (unpaired) electrons. The summed E-state index contributed by atoms with van der Waals surface area (Å²) in [5.41, 5.74) is 0.957. The lowest BCUT2D eigenvalue weighted by atomic mass is 10.2. The fourth-order valence-corrected chi connectivity index (χ4v) is 1.09. The zero-order valence-corrected chi connectivity index (χ0v) is 8.43. The quantitative estimate of drug-likeness (QED) is 0.812. The van der Waals surface area contributed by atoms with E-state index in [-0.39, 0.29) is 5.91 Å². The maximum Gasteiger partial charge on any atom is 0.224 e. The van der Waals surface area contributed by atoms with Crippen LogP contribution in [-0.4, -0.2) is 5.91 Å². The molecule has 1 N–H and O–H groups in total. The summed E-state index contributed by atoms with van der Waals surface area (Å²) in [7, 11) is 0. The van der Waals surface area contributed by atoms with Gasteiger partial charge in [0.1, 0.15) is 0 Å². The highest BCUT2D eigenvalue weighted by atomic mass is 35.5. The first kappa shape index (κ1) is 10.6. The molecule has 3 nitrogen and oxygen atoms in total. The molecule has 1 amide bonds. The Bertz CT molecular complexity index is 396. The average molecular weight is 209 g/mol. The minimum atomic E-state index is -0.123. The third kappa shape index (κ3) is 2.48. The number of rotatable bonds is 2. The van der Waals surface area contributed by atoms with Gasteiger partial charge in [-0.05, 0) is 18.2 Å². The number of halogens is 1. The van der Waals surface area contributed by atoms with Gasteiger partial charge in [-0.3, -0.25) is 4.79 Å². The molecule has 0 atom stereocenters. The van der Waals surface area contributed by atoms with Crippen LogP contribution < -0.4 is 5.32 Å². The van der Waals surface area contributed by atoms with Crippen LogP contribution in [0.3, 0.4) is 0 Å². The van der Waals surface area contributed by atoms with Crippen molar-refractivity contribution in [2.75, 3.05) is 5.32 Å². The molecule has 0 unspecified atom stereocenters. The van der Waals surface area contributed by atoms with Crippen LogP contribution in [0.25, 0.3) is 0 Å². The average Bonchev–Trinajstić information content (AvgIpc) is 2.21. The monoisotopic (exact) mass is 208 g/mol. The van der Waals surface area contributed by atoms with E-state index in [2.05, 4.69) is 5.32 Å². The van der Waals surface area contributed by atoms with E-state index < -0.39 is 0 Å². The van der Waals surface area contributed by atoms with Crippen molar-refractivity contribution in [3.8, 4) is 6.07 Å². The largest absolute Gasteiger partial charge is 0.325 e. The lowest BCUT2D eigenvalue weighted by Crippen LogP contribution is -2.09. The van der Waals surface area contributed by atoms with Crippen LogP contribution in [0, 0.1) is 11.3 Å². The highest BCUT2D eigenvalue weighted by Gasteiger charge is 2.04. The van der Waals surface area contributed by atoms with Gasteiger partial charge in [-0.1, -0.05) is 18.5 Å². The first-order valence-corrected chi connectivity index (χ1v) is 4.54.